The van der Waals surface area contributed by atoms with E-state index in [1.54, 1.807) is 9.80 Å². The van der Waals surface area contributed by atoms with E-state index >= 15 is 0 Å². The number of nitrogens with zero attached hydrogens (tertiary/aromatic N) is 2. The summed E-state index contributed by atoms with van der Waals surface area (Å²) in [6, 6.07) is 8.06. The standard InChI is InChI=1S/C14H16N2OS/c1-4-16-13(17)12(15(3)14(16)18)9-11-7-5-10(2)6-8-11/h5-9H,4H2,1-3H3/b12-9-. The Balaban J connectivity index is 2.36. The number of aryl methyl sites for hydroxylation is 1. The molecule has 0 bridgehead atoms. The Morgan fingerprint density at radius 3 is 2.39 bits per heavy atom. The number of thiocarbonyl (C=S) groups is 1. The average molecular weight is 260 g/mol. The van der Waals surface area contributed by atoms with Gasteiger partial charge in [0.05, 0.1) is 0 Å². The van der Waals surface area contributed by atoms with Crippen LogP contribution in [0, 0.1) is 6.92 Å². The summed E-state index contributed by atoms with van der Waals surface area (Å²) in [5.74, 6) is -0.0226. The lowest BCUT2D eigenvalue weighted by atomic mass is 10.1. The van der Waals surface area contributed by atoms with Crippen LogP contribution >= 0.6 is 12.2 Å². The number of hydrogen-bond acceptors (Lipinski definition) is 2. The minimum atomic E-state index is -0.0226. The fraction of sp³-hybridized carbons (Fsp3) is 0.286. The third-order valence-electron chi connectivity index (χ3n) is 3.04. The molecule has 0 unspecified atom stereocenters. The van der Waals surface area contributed by atoms with Crippen molar-refractivity contribution < 1.29 is 4.79 Å². The lowest BCUT2D eigenvalue weighted by Crippen LogP contribution is -2.30. The van der Waals surface area contributed by atoms with E-state index in [2.05, 4.69) is 0 Å². The van der Waals surface area contributed by atoms with Gasteiger partial charge in [-0.2, -0.15) is 0 Å². The largest absolute Gasteiger partial charge is 0.317 e. The Hall–Kier alpha value is -1.68. The van der Waals surface area contributed by atoms with Gasteiger partial charge < -0.3 is 4.90 Å². The molecule has 1 aromatic rings. The van der Waals surface area contributed by atoms with Crippen LogP contribution in [-0.4, -0.2) is 34.4 Å². The molecule has 1 aliphatic heterocycles. The van der Waals surface area contributed by atoms with Crippen LogP contribution in [0.3, 0.4) is 0 Å². The summed E-state index contributed by atoms with van der Waals surface area (Å²) in [6.07, 6.45) is 1.88. The highest BCUT2D eigenvalue weighted by atomic mass is 32.1. The first kappa shape index (κ1) is 12.8. The van der Waals surface area contributed by atoms with Crippen LogP contribution in [0.1, 0.15) is 18.1 Å². The predicted octanol–water partition coefficient (Wildman–Crippen LogP) is 2.41. The van der Waals surface area contributed by atoms with Gasteiger partial charge in [-0.25, -0.2) is 0 Å². The second-order valence-corrected chi connectivity index (χ2v) is 4.70. The van der Waals surface area contributed by atoms with E-state index in [0.29, 0.717) is 17.4 Å². The summed E-state index contributed by atoms with van der Waals surface area (Å²) in [4.78, 5) is 15.5. The van der Waals surface area contributed by atoms with Crippen LogP contribution in [0.2, 0.25) is 0 Å². The number of carbonyl (C=O) groups is 1. The molecule has 2 rings (SSSR count). The van der Waals surface area contributed by atoms with Crippen molar-refractivity contribution in [1.29, 1.82) is 0 Å². The molecule has 0 radical (unpaired) electrons. The minimum Gasteiger partial charge on any atom is -0.317 e. The highest BCUT2D eigenvalue weighted by molar-refractivity contribution is 7.80. The summed E-state index contributed by atoms with van der Waals surface area (Å²) in [6.45, 7) is 4.57. The molecule has 0 aromatic heterocycles. The van der Waals surface area contributed by atoms with Gasteiger partial charge in [-0.3, -0.25) is 9.69 Å². The Labute approximate surface area is 113 Å². The Bertz CT molecular complexity index is 519. The molecule has 3 nitrogen and oxygen atoms in total. The van der Waals surface area contributed by atoms with Gasteiger partial charge in [-0.15, -0.1) is 0 Å². The monoisotopic (exact) mass is 260 g/mol. The molecule has 0 atom stereocenters. The second-order valence-electron chi connectivity index (χ2n) is 4.33. The van der Waals surface area contributed by atoms with E-state index < -0.39 is 0 Å². The third kappa shape index (κ3) is 2.16. The summed E-state index contributed by atoms with van der Waals surface area (Å²) in [5, 5.41) is 0.570. The van der Waals surface area contributed by atoms with Crippen molar-refractivity contribution in [3.05, 3.63) is 41.1 Å². The van der Waals surface area contributed by atoms with Crippen LogP contribution in [0.25, 0.3) is 6.08 Å². The molecule has 0 saturated carbocycles. The van der Waals surface area contributed by atoms with Gasteiger partial charge in [-0.1, -0.05) is 29.8 Å². The van der Waals surface area contributed by atoms with Crippen LogP contribution in [0.4, 0.5) is 0 Å². The van der Waals surface area contributed by atoms with Crippen molar-refractivity contribution in [3.8, 4) is 0 Å². The maximum atomic E-state index is 12.2. The average Bonchev–Trinajstić information content (AvgIpc) is 2.56. The summed E-state index contributed by atoms with van der Waals surface area (Å²) >= 11 is 5.24. The van der Waals surface area contributed by atoms with Gasteiger partial charge in [0.15, 0.2) is 5.11 Å². The fourth-order valence-corrected chi connectivity index (χ4v) is 2.22. The summed E-state index contributed by atoms with van der Waals surface area (Å²) in [5.41, 5.74) is 2.84. The normalized spacial score (nSPS) is 18.1. The van der Waals surface area contributed by atoms with Crippen LogP contribution in [0.5, 0.6) is 0 Å². The van der Waals surface area contributed by atoms with Gasteiger partial charge in [-0.05, 0) is 37.7 Å². The van der Waals surface area contributed by atoms with E-state index in [-0.39, 0.29) is 5.91 Å². The van der Waals surface area contributed by atoms with Crippen LogP contribution in [0.15, 0.2) is 30.0 Å². The number of amides is 1. The van der Waals surface area contributed by atoms with Crippen LogP contribution in [-0.2, 0) is 4.79 Å². The molecule has 1 aromatic carbocycles. The Morgan fingerprint density at radius 2 is 1.89 bits per heavy atom. The zero-order valence-corrected chi connectivity index (χ0v) is 11.6. The predicted molar refractivity (Wildman–Crippen MR) is 76.9 cm³/mol. The van der Waals surface area contributed by atoms with Crippen molar-refractivity contribution in [2.45, 2.75) is 13.8 Å². The Kier molecular flexibility index (Phi) is 3.48. The van der Waals surface area contributed by atoms with Gasteiger partial charge in [0.2, 0.25) is 0 Å². The molecule has 94 valence electrons. The number of benzene rings is 1. The zero-order chi connectivity index (χ0) is 13.3. The number of likely N-dealkylation sites (N-methyl/N-ethyl adjacent to an activating group) is 2. The van der Waals surface area contributed by atoms with E-state index in [1.165, 1.54) is 5.56 Å². The molecule has 1 amide bonds. The first-order valence-electron chi connectivity index (χ1n) is 5.92. The lowest BCUT2D eigenvalue weighted by molar-refractivity contribution is -0.122. The summed E-state index contributed by atoms with van der Waals surface area (Å²) in [7, 11) is 1.83. The SMILES string of the molecule is CCN1C(=O)/C(=C/c2ccc(C)cc2)N(C)C1=S. The molecular formula is C14H16N2OS. The maximum Gasteiger partial charge on any atom is 0.276 e. The highest BCUT2D eigenvalue weighted by Crippen LogP contribution is 2.21. The number of rotatable bonds is 2. The van der Waals surface area contributed by atoms with Crippen molar-refractivity contribution in [3.63, 3.8) is 0 Å². The minimum absolute atomic E-state index is 0.0226. The molecule has 0 N–H and O–H groups in total. The van der Waals surface area contributed by atoms with Crippen LogP contribution < -0.4 is 0 Å². The fourth-order valence-electron chi connectivity index (χ4n) is 1.91. The molecule has 1 saturated heterocycles. The van der Waals surface area contributed by atoms with Crippen molar-refractivity contribution >= 4 is 29.3 Å². The van der Waals surface area contributed by atoms with Crippen molar-refractivity contribution in [2.24, 2.45) is 0 Å². The molecule has 1 heterocycles. The number of carbonyl (C=O) groups excluding carboxylic acids is 1. The molecule has 1 fully saturated rings. The second kappa shape index (κ2) is 4.90. The maximum absolute atomic E-state index is 12.2. The topological polar surface area (TPSA) is 23.6 Å². The molecule has 18 heavy (non-hydrogen) atoms. The smallest absolute Gasteiger partial charge is 0.276 e. The molecule has 4 heteroatoms. The quantitative estimate of drug-likeness (QED) is 0.602. The molecular weight excluding hydrogens is 244 g/mol. The van der Waals surface area contributed by atoms with E-state index in [4.69, 9.17) is 12.2 Å². The van der Waals surface area contributed by atoms with Gasteiger partial charge >= 0.3 is 0 Å². The number of hydrogen-bond donors (Lipinski definition) is 0. The van der Waals surface area contributed by atoms with E-state index in [9.17, 15) is 4.79 Å². The third-order valence-corrected chi connectivity index (χ3v) is 3.53. The van der Waals surface area contributed by atoms with Gasteiger partial charge in [0.25, 0.3) is 5.91 Å². The van der Waals surface area contributed by atoms with Gasteiger partial charge in [0.1, 0.15) is 5.70 Å². The van der Waals surface area contributed by atoms with Crippen molar-refractivity contribution in [2.75, 3.05) is 13.6 Å². The first-order chi connectivity index (χ1) is 8.54. The summed E-state index contributed by atoms with van der Waals surface area (Å²) < 4.78 is 0. The lowest BCUT2D eigenvalue weighted by Gasteiger charge is -2.13. The molecule has 0 aliphatic carbocycles. The van der Waals surface area contributed by atoms with E-state index in [0.717, 1.165) is 5.56 Å². The zero-order valence-electron chi connectivity index (χ0n) is 10.8. The van der Waals surface area contributed by atoms with E-state index in [1.807, 2.05) is 51.2 Å². The highest BCUT2D eigenvalue weighted by Gasteiger charge is 2.34. The molecule has 1 aliphatic rings. The molecule has 0 spiro atoms. The van der Waals surface area contributed by atoms with Crippen molar-refractivity contribution in [1.82, 2.24) is 9.80 Å². The Morgan fingerprint density at radius 1 is 1.28 bits per heavy atom. The van der Waals surface area contributed by atoms with Gasteiger partial charge in [0, 0.05) is 13.6 Å². The first-order valence-corrected chi connectivity index (χ1v) is 6.33.